The number of ether oxygens (including phenoxy) is 1. The summed E-state index contributed by atoms with van der Waals surface area (Å²) < 4.78 is 9.37. The summed E-state index contributed by atoms with van der Waals surface area (Å²) in [5.74, 6) is -0.121. The van der Waals surface area contributed by atoms with Crippen molar-refractivity contribution in [2.45, 2.75) is 5.60 Å². The topological polar surface area (TPSA) is 56.0 Å². The van der Waals surface area contributed by atoms with Crippen LogP contribution in [0, 0.1) is 0 Å². The van der Waals surface area contributed by atoms with E-state index in [9.17, 15) is 4.79 Å². The van der Waals surface area contributed by atoms with Crippen molar-refractivity contribution in [1.82, 2.24) is 4.57 Å². The van der Waals surface area contributed by atoms with Gasteiger partial charge in [0.1, 0.15) is 0 Å². The Morgan fingerprint density at radius 1 is 1.00 bits per heavy atom. The fourth-order valence-electron chi connectivity index (χ4n) is 3.66. The molecule has 1 atom stereocenters. The van der Waals surface area contributed by atoms with Gasteiger partial charge in [-0.2, -0.15) is 4.99 Å². The lowest BCUT2D eigenvalue weighted by Crippen LogP contribution is -2.39. The normalized spacial score (nSPS) is 19.0. The van der Waals surface area contributed by atoms with Crippen LogP contribution in [0.15, 0.2) is 94.9 Å². The van der Waals surface area contributed by atoms with Crippen molar-refractivity contribution in [3.05, 3.63) is 101 Å². The number of nitrogens with zero attached hydrogens (tertiary/aromatic N) is 3. The Morgan fingerprint density at radius 3 is 2.40 bits per heavy atom. The number of para-hydroxylation sites is 1. The van der Waals surface area contributed by atoms with E-state index in [-0.39, 0.29) is 18.3 Å². The molecule has 1 aliphatic rings. The van der Waals surface area contributed by atoms with Gasteiger partial charge >= 0.3 is 6.02 Å². The van der Waals surface area contributed by atoms with Crippen LogP contribution in [0.4, 0.5) is 0 Å². The number of Topliss-reactive ketones (excluding diaryl/α,β-unsaturated/α-hetero) is 1. The highest BCUT2D eigenvalue weighted by atomic mass is 32.1. The minimum Gasteiger partial charge on any atom is -0.442 e. The summed E-state index contributed by atoms with van der Waals surface area (Å²) in [5.41, 5.74) is 1.24. The van der Waals surface area contributed by atoms with E-state index in [1.54, 1.807) is 23.5 Å². The SMILES string of the molecule is Cn1/c(=N/C2=NCC(C(=O)c3ccccc3)(c3ccccc3)O2)sc2ccccc21. The second-order valence-corrected chi connectivity index (χ2v) is 8.12. The third-order valence-electron chi connectivity index (χ3n) is 5.25. The van der Waals surface area contributed by atoms with Crippen molar-refractivity contribution in [2.24, 2.45) is 17.0 Å². The van der Waals surface area contributed by atoms with Crippen LogP contribution in [0.25, 0.3) is 10.2 Å². The third-order valence-corrected chi connectivity index (χ3v) is 6.36. The van der Waals surface area contributed by atoms with Gasteiger partial charge in [0.2, 0.25) is 11.4 Å². The van der Waals surface area contributed by atoms with E-state index in [1.165, 1.54) is 0 Å². The number of aromatic nitrogens is 1. The first kappa shape index (κ1) is 18.5. The maximum atomic E-state index is 13.5. The zero-order chi connectivity index (χ0) is 20.6. The smallest absolute Gasteiger partial charge is 0.315 e. The highest BCUT2D eigenvalue weighted by Gasteiger charge is 2.47. The summed E-state index contributed by atoms with van der Waals surface area (Å²) in [6, 6.07) is 27.1. The number of carbonyl (C=O) groups is 1. The van der Waals surface area contributed by atoms with Gasteiger partial charge in [0, 0.05) is 18.2 Å². The van der Waals surface area contributed by atoms with Gasteiger partial charge in [-0.15, -0.1) is 0 Å². The molecule has 0 saturated carbocycles. The number of rotatable bonds is 3. The van der Waals surface area contributed by atoms with Crippen molar-refractivity contribution >= 4 is 33.4 Å². The monoisotopic (exact) mass is 413 g/mol. The van der Waals surface area contributed by atoms with Crippen LogP contribution in [0.3, 0.4) is 0 Å². The molecule has 1 aliphatic heterocycles. The summed E-state index contributed by atoms with van der Waals surface area (Å²) in [7, 11) is 1.97. The fraction of sp³-hybridized carbons (Fsp3) is 0.125. The molecule has 1 unspecified atom stereocenters. The molecular formula is C24H19N3O2S. The fourth-order valence-corrected chi connectivity index (χ4v) is 4.67. The number of aryl methyl sites for hydroxylation is 1. The van der Waals surface area contributed by atoms with Crippen molar-refractivity contribution in [3.63, 3.8) is 0 Å². The van der Waals surface area contributed by atoms with E-state index in [0.29, 0.717) is 5.56 Å². The molecule has 3 aromatic carbocycles. The molecule has 30 heavy (non-hydrogen) atoms. The number of benzene rings is 3. The molecule has 0 aliphatic carbocycles. The number of aliphatic imine (C=N–C) groups is 1. The second kappa shape index (κ2) is 7.39. The number of hydrogen-bond donors (Lipinski definition) is 0. The van der Waals surface area contributed by atoms with Crippen LogP contribution < -0.4 is 4.80 Å². The van der Waals surface area contributed by atoms with Gasteiger partial charge in [-0.05, 0) is 12.1 Å². The third kappa shape index (κ3) is 3.06. The molecule has 0 fully saturated rings. The van der Waals surface area contributed by atoms with E-state index >= 15 is 0 Å². The Hall–Kier alpha value is -3.51. The first-order chi connectivity index (χ1) is 14.7. The van der Waals surface area contributed by atoms with E-state index < -0.39 is 5.60 Å². The zero-order valence-electron chi connectivity index (χ0n) is 16.4. The highest BCUT2D eigenvalue weighted by molar-refractivity contribution is 7.16. The molecule has 0 spiro atoms. The first-order valence-electron chi connectivity index (χ1n) is 9.65. The van der Waals surface area contributed by atoms with Crippen molar-refractivity contribution < 1.29 is 9.53 Å². The molecule has 6 heteroatoms. The molecule has 0 N–H and O–H groups in total. The van der Waals surface area contributed by atoms with Crippen LogP contribution in [0.5, 0.6) is 0 Å². The molecule has 0 amide bonds. The average Bonchev–Trinajstić information content (AvgIpc) is 3.37. The summed E-state index contributed by atoms with van der Waals surface area (Å²) in [6.07, 6.45) is 0. The Kier molecular flexibility index (Phi) is 4.56. The first-order valence-corrected chi connectivity index (χ1v) is 10.5. The van der Waals surface area contributed by atoms with E-state index in [2.05, 4.69) is 22.1 Å². The molecule has 5 rings (SSSR count). The van der Waals surface area contributed by atoms with Crippen molar-refractivity contribution in [3.8, 4) is 0 Å². The van der Waals surface area contributed by atoms with Crippen LogP contribution in [-0.2, 0) is 17.4 Å². The highest BCUT2D eigenvalue weighted by Crippen LogP contribution is 2.34. The van der Waals surface area contributed by atoms with Gasteiger partial charge in [-0.25, -0.2) is 4.99 Å². The summed E-state index contributed by atoms with van der Waals surface area (Å²) in [5, 5.41) is 0. The molecule has 5 nitrogen and oxygen atoms in total. The predicted octanol–water partition coefficient (Wildman–Crippen LogP) is 4.31. The maximum absolute atomic E-state index is 13.5. The van der Waals surface area contributed by atoms with Gasteiger partial charge in [0.25, 0.3) is 0 Å². The Balaban J connectivity index is 1.57. The second-order valence-electron chi connectivity index (χ2n) is 7.11. The van der Waals surface area contributed by atoms with Gasteiger partial charge in [-0.3, -0.25) is 4.79 Å². The van der Waals surface area contributed by atoms with E-state index in [1.807, 2.05) is 72.3 Å². The zero-order valence-corrected chi connectivity index (χ0v) is 17.2. The largest absolute Gasteiger partial charge is 0.442 e. The molecule has 0 radical (unpaired) electrons. The summed E-state index contributed by atoms with van der Waals surface area (Å²) in [6.45, 7) is 0.193. The van der Waals surface area contributed by atoms with Crippen LogP contribution >= 0.6 is 11.3 Å². The minimum atomic E-state index is -1.21. The molecule has 0 bridgehead atoms. The number of hydrogen-bond acceptors (Lipinski definition) is 5. The summed E-state index contributed by atoms with van der Waals surface area (Å²) >= 11 is 1.56. The Morgan fingerprint density at radius 2 is 1.67 bits per heavy atom. The molecule has 0 saturated heterocycles. The molecular weight excluding hydrogens is 394 g/mol. The quantitative estimate of drug-likeness (QED) is 0.470. The molecule has 2 heterocycles. The number of amidine groups is 1. The molecule has 4 aromatic rings. The average molecular weight is 414 g/mol. The van der Waals surface area contributed by atoms with Crippen LogP contribution in [0.2, 0.25) is 0 Å². The summed E-state index contributed by atoms with van der Waals surface area (Å²) in [4.78, 5) is 23.5. The van der Waals surface area contributed by atoms with Crippen LogP contribution in [0.1, 0.15) is 15.9 Å². The lowest BCUT2D eigenvalue weighted by molar-refractivity contribution is 0.0495. The standard InChI is InChI=1S/C24H19N3O2S/c1-27-19-14-8-9-15-20(19)30-23(27)26-22-25-16-24(29-22,18-12-6-3-7-13-18)21(28)17-10-4-2-5-11-17/h2-15H,16H2,1H3/b26-23-. The van der Waals surface area contributed by atoms with Gasteiger partial charge in [0.05, 0.1) is 16.8 Å². The maximum Gasteiger partial charge on any atom is 0.315 e. The number of carbonyl (C=O) groups excluding carboxylic acids is 1. The van der Waals surface area contributed by atoms with E-state index in [0.717, 1.165) is 20.6 Å². The molecule has 1 aromatic heterocycles. The van der Waals surface area contributed by atoms with Gasteiger partial charge in [-0.1, -0.05) is 84.1 Å². The lowest BCUT2D eigenvalue weighted by Gasteiger charge is -2.26. The Bertz CT molecular complexity index is 1320. The van der Waals surface area contributed by atoms with Gasteiger partial charge in [0.15, 0.2) is 4.80 Å². The van der Waals surface area contributed by atoms with Crippen molar-refractivity contribution in [2.75, 3.05) is 6.54 Å². The lowest BCUT2D eigenvalue weighted by atomic mass is 9.86. The molecule has 148 valence electrons. The predicted molar refractivity (Wildman–Crippen MR) is 119 cm³/mol. The van der Waals surface area contributed by atoms with Crippen LogP contribution in [-0.4, -0.2) is 22.9 Å². The number of ketones is 1. The van der Waals surface area contributed by atoms with Gasteiger partial charge < -0.3 is 9.30 Å². The number of thiazole rings is 1. The Labute approximate surface area is 177 Å². The minimum absolute atomic E-state index is 0.121. The van der Waals surface area contributed by atoms with E-state index in [4.69, 9.17) is 4.74 Å². The van der Waals surface area contributed by atoms with Crippen molar-refractivity contribution in [1.29, 1.82) is 0 Å². The number of fused-ring (bicyclic) bond motifs is 1.